The summed E-state index contributed by atoms with van der Waals surface area (Å²) in [7, 11) is 1.82. The molecule has 1 aliphatic heterocycles. The highest BCUT2D eigenvalue weighted by Crippen LogP contribution is 2.15. The van der Waals surface area contributed by atoms with Gasteiger partial charge in [0.05, 0.1) is 0 Å². The van der Waals surface area contributed by atoms with E-state index in [1.807, 2.05) is 37.5 Å². The molecular formula is C20H27FIN5S. The number of thioether (sulfide) groups is 1. The molecule has 1 saturated heterocycles. The van der Waals surface area contributed by atoms with E-state index in [9.17, 15) is 4.39 Å². The highest BCUT2D eigenvalue weighted by Gasteiger charge is 2.20. The van der Waals surface area contributed by atoms with E-state index in [0.29, 0.717) is 5.75 Å². The molecule has 1 fully saturated rings. The first-order chi connectivity index (χ1) is 13.3. The van der Waals surface area contributed by atoms with Crippen LogP contribution in [-0.4, -0.2) is 61.4 Å². The standard InChI is InChI=1S/C20H26FN5S.HI/c1-22-20(24-10-15-27-16-17-6-2-3-7-18(17)21)26-13-11-25(12-14-26)19-8-4-5-9-23-19;/h2-9H,10-16H2,1H3,(H,22,24);1H. The Bertz CT molecular complexity index is 738. The first kappa shape index (κ1) is 22.7. The van der Waals surface area contributed by atoms with Gasteiger partial charge in [0.2, 0.25) is 0 Å². The maximum absolute atomic E-state index is 13.6. The van der Waals surface area contributed by atoms with Gasteiger partial charge in [-0.2, -0.15) is 11.8 Å². The van der Waals surface area contributed by atoms with Crippen molar-refractivity contribution in [2.75, 3.05) is 50.4 Å². The highest BCUT2D eigenvalue weighted by atomic mass is 127. The van der Waals surface area contributed by atoms with Crippen LogP contribution >= 0.6 is 35.7 Å². The van der Waals surface area contributed by atoms with Crippen LogP contribution in [0.15, 0.2) is 53.7 Å². The van der Waals surface area contributed by atoms with E-state index in [4.69, 9.17) is 0 Å². The van der Waals surface area contributed by atoms with E-state index in [2.05, 4.69) is 31.2 Å². The van der Waals surface area contributed by atoms with Gasteiger partial charge in [0.25, 0.3) is 0 Å². The number of nitrogens with one attached hydrogen (secondary N) is 1. The molecule has 0 saturated carbocycles. The second kappa shape index (κ2) is 12.1. The monoisotopic (exact) mass is 515 g/mol. The van der Waals surface area contributed by atoms with E-state index >= 15 is 0 Å². The number of piperazine rings is 1. The lowest BCUT2D eigenvalue weighted by Gasteiger charge is -2.37. The SMILES string of the molecule is CN=C(NCCSCc1ccccc1F)N1CCN(c2ccccn2)CC1.I. The van der Waals surface area contributed by atoms with Gasteiger partial charge in [0.15, 0.2) is 5.96 Å². The number of rotatable bonds is 6. The summed E-state index contributed by atoms with van der Waals surface area (Å²) in [4.78, 5) is 13.4. The summed E-state index contributed by atoms with van der Waals surface area (Å²) in [5, 5.41) is 3.42. The Morgan fingerprint density at radius 2 is 1.89 bits per heavy atom. The molecule has 3 rings (SSSR count). The fourth-order valence-electron chi connectivity index (χ4n) is 3.05. The molecule has 152 valence electrons. The van der Waals surface area contributed by atoms with Crippen molar-refractivity contribution in [2.45, 2.75) is 5.75 Å². The molecule has 1 aliphatic rings. The Kier molecular flexibility index (Phi) is 9.83. The van der Waals surface area contributed by atoms with Gasteiger partial charge >= 0.3 is 0 Å². The Morgan fingerprint density at radius 3 is 2.57 bits per heavy atom. The van der Waals surface area contributed by atoms with E-state index in [0.717, 1.165) is 55.8 Å². The van der Waals surface area contributed by atoms with Crippen LogP contribution in [-0.2, 0) is 5.75 Å². The normalized spacial score (nSPS) is 14.6. The van der Waals surface area contributed by atoms with Crippen molar-refractivity contribution in [3.05, 3.63) is 60.0 Å². The molecule has 0 atom stereocenters. The van der Waals surface area contributed by atoms with E-state index in [1.165, 1.54) is 6.07 Å². The molecule has 0 radical (unpaired) electrons. The van der Waals surface area contributed by atoms with Crippen molar-refractivity contribution in [1.82, 2.24) is 15.2 Å². The van der Waals surface area contributed by atoms with Crippen LogP contribution in [0.25, 0.3) is 0 Å². The summed E-state index contributed by atoms with van der Waals surface area (Å²) in [5.74, 6) is 3.43. The van der Waals surface area contributed by atoms with Crippen molar-refractivity contribution < 1.29 is 4.39 Å². The van der Waals surface area contributed by atoms with Gasteiger partial charge in [-0.25, -0.2) is 9.37 Å². The zero-order valence-corrected chi connectivity index (χ0v) is 19.2. The number of anilines is 1. The summed E-state index contributed by atoms with van der Waals surface area (Å²) in [6.07, 6.45) is 1.83. The number of benzene rings is 1. The number of hydrogen-bond acceptors (Lipinski definition) is 4. The maximum atomic E-state index is 13.6. The minimum atomic E-state index is -0.125. The van der Waals surface area contributed by atoms with Crippen LogP contribution < -0.4 is 10.2 Å². The van der Waals surface area contributed by atoms with Gasteiger partial charge in [-0.3, -0.25) is 4.99 Å². The van der Waals surface area contributed by atoms with Gasteiger partial charge in [-0.05, 0) is 23.8 Å². The van der Waals surface area contributed by atoms with Crippen LogP contribution in [0.1, 0.15) is 5.56 Å². The van der Waals surface area contributed by atoms with E-state index in [-0.39, 0.29) is 29.8 Å². The molecule has 5 nitrogen and oxygen atoms in total. The molecule has 28 heavy (non-hydrogen) atoms. The Hall–Kier alpha value is -1.55. The number of pyridine rings is 1. The Balaban J connectivity index is 0.00000280. The molecule has 1 N–H and O–H groups in total. The summed E-state index contributed by atoms with van der Waals surface area (Å²) < 4.78 is 13.6. The summed E-state index contributed by atoms with van der Waals surface area (Å²) in [5.41, 5.74) is 0.762. The minimum absolute atomic E-state index is 0. The van der Waals surface area contributed by atoms with Gasteiger partial charge in [0, 0.05) is 57.5 Å². The van der Waals surface area contributed by atoms with Gasteiger partial charge in [0.1, 0.15) is 11.6 Å². The molecule has 1 aromatic heterocycles. The Labute approximate surface area is 187 Å². The van der Waals surface area contributed by atoms with Crippen LogP contribution in [0.4, 0.5) is 10.2 Å². The third-order valence-electron chi connectivity index (χ3n) is 4.51. The quantitative estimate of drug-likeness (QED) is 0.276. The molecule has 0 unspecified atom stereocenters. The third kappa shape index (κ3) is 6.51. The Morgan fingerprint density at radius 1 is 1.14 bits per heavy atom. The highest BCUT2D eigenvalue weighted by molar-refractivity contribution is 14.0. The average Bonchev–Trinajstić information content (AvgIpc) is 2.73. The van der Waals surface area contributed by atoms with E-state index in [1.54, 1.807) is 17.8 Å². The first-order valence-electron chi connectivity index (χ1n) is 9.20. The van der Waals surface area contributed by atoms with Gasteiger partial charge in [-0.15, -0.1) is 24.0 Å². The average molecular weight is 515 g/mol. The summed E-state index contributed by atoms with van der Waals surface area (Å²) in [6, 6.07) is 13.0. The lowest BCUT2D eigenvalue weighted by atomic mass is 10.2. The van der Waals surface area contributed by atoms with Crippen LogP contribution in [0.3, 0.4) is 0 Å². The number of hydrogen-bond donors (Lipinski definition) is 1. The first-order valence-corrected chi connectivity index (χ1v) is 10.4. The minimum Gasteiger partial charge on any atom is -0.355 e. The van der Waals surface area contributed by atoms with Crippen molar-refractivity contribution in [2.24, 2.45) is 4.99 Å². The molecule has 0 spiro atoms. The van der Waals surface area contributed by atoms with Crippen molar-refractivity contribution in [1.29, 1.82) is 0 Å². The summed E-state index contributed by atoms with van der Waals surface area (Å²) >= 11 is 1.72. The fraction of sp³-hybridized carbons (Fsp3) is 0.400. The molecule has 1 aromatic carbocycles. The lowest BCUT2D eigenvalue weighted by molar-refractivity contribution is 0.372. The molecule has 0 bridgehead atoms. The molecule has 2 heterocycles. The molecule has 8 heteroatoms. The zero-order valence-electron chi connectivity index (χ0n) is 16.1. The number of guanidine groups is 1. The molecular weight excluding hydrogens is 488 g/mol. The number of aliphatic imine (C=N–C) groups is 1. The molecule has 0 amide bonds. The smallest absolute Gasteiger partial charge is 0.193 e. The second-order valence-corrected chi connectivity index (χ2v) is 7.39. The van der Waals surface area contributed by atoms with Gasteiger partial charge in [-0.1, -0.05) is 24.3 Å². The topological polar surface area (TPSA) is 43.8 Å². The van der Waals surface area contributed by atoms with Gasteiger partial charge < -0.3 is 15.1 Å². The second-order valence-electron chi connectivity index (χ2n) is 6.28. The molecule has 2 aromatic rings. The van der Waals surface area contributed by atoms with Crippen molar-refractivity contribution >= 4 is 47.5 Å². The molecule has 0 aliphatic carbocycles. The predicted molar refractivity (Wildman–Crippen MR) is 127 cm³/mol. The number of nitrogens with zero attached hydrogens (tertiary/aromatic N) is 4. The predicted octanol–water partition coefficient (Wildman–Crippen LogP) is 3.47. The van der Waals surface area contributed by atoms with Crippen molar-refractivity contribution in [3.63, 3.8) is 0 Å². The number of halogens is 2. The fourth-order valence-corrected chi connectivity index (χ4v) is 3.90. The summed E-state index contributed by atoms with van der Waals surface area (Å²) in [6.45, 7) is 4.50. The van der Waals surface area contributed by atoms with Crippen LogP contribution in [0, 0.1) is 5.82 Å². The zero-order chi connectivity index (χ0) is 18.9. The van der Waals surface area contributed by atoms with Crippen LogP contribution in [0.2, 0.25) is 0 Å². The largest absolute Gasteiger partial charge is 0.355 e. The maximum Gasteiger partial charge on any atom is 0.193 e. The van der Waals surface area contributed by atoms with Crippen molar-refractivity contribution in [3.8, 4) is 0 Å². The van der Waals surface area contributed by atoms with E-state index < -0.39 is 0 Å². The van der Waals surface area contributed by atoms with Crippen LogP contribution in [0.5, 0.6) is 0 Å². The third-order valence-corrected chi connectivity index (χ3v) is 5.52. The lowest BCUT2D eigenvalue weighted by Crippen LogP contribution is -2.53. The number of aromatic nitrogens is 1.